The highest BCUT2D eigenvalue weighted by molar-refractivity contribution is 5.96. The van der Waals surface area contributed by atoms with Gasteiger partial charge in [-0.05, 0) is 31.0 Å². The molecule has 2 nitrogen and oxygen atoms in total. The summed E-state index contributed by atoms with van der Waals surface area (Å²) < 4.78 is 0. The molecule has 0 radical (unpaired) electrons. The summed E-state index contributed by atoms with van der Waals surface area (Å²) in [5, 5.41) is 0. The summed E-state index contributed by atoms with van der Waals surface area (Å²) in [6.45, 7) is 3.10. The third-order valence-corrected chi connectivity index (χ3v) is 2.89. The lowest BCUT2D eigenvalue weighted by Crippen LogP contribution is -1.93. The van der Waals surface area contributed by atoms with Crippen molar-refractivity contribution in [1.82, 2.24) is 0 Å². The van der Waals surface area contributed by atoms with Gasteiger partial charge in [0, 0.05) is 11.1 Å². The first-order valence-electron chi connectivity index (χ1n) is 5.80. The molecule has 0 heterocycles. The quantitative estimate of drug-likeness (QED) is 0.763. The Balaban J connectivity index is 2.39. The average molecular weight is 238 g/mol. The van der Waals surface area contributed by atoms with Gasteiger partial charge in [-0.2, -0.15) is 0 Å². The van der Waals surface area contributed by atoms with E-state index in [1.807, 2.05) is 30.3 Å². The van der Waals surface area contributed by atoms with Crippen LogP contribution in [0, 0.1) is 0 Å². The lowest BCUT2D eigenvalue weighted by Gasteiger charge is -2.04. The summed E-state index contributed by atoms with van der Waals surface area (Å²) in [6.07, 6.45) is 0. The first-order chi connectivity index (χ1) is 8.58. The van der Waals surface area contributed by atoms with Crippen molar-refractivity contribution in [3.05, 3.63) is 59.7 Å². The van der Waals surface area contributed by atoms with Crippen LogP contribution in [0.1, 0.15) is 34.6 Å². The summed E-state index contributed by atoms with van der Waals surface area (Å²) in [5.74, 6) is 0.108. The molecule has 2 aromatic rings. The predicted octanol–water partition coefficient (Wildman–Crippen LogP) is 3.76. The Morgan fingerprint density at radius 3 is 1.89 bits per heavy atom. The molecule has 0 aliphatic carbocycles. The number of hydrogen-bond acceptors (Lipinski definition) is 2. The van der Waals surface area contributed by atoms with Gasteiger partial charge in [0.05, 0.1) is 0 Å². The number of carbonyl (C=O) groups is 2. The molecule has 0 amide bonds. The van der Waals surface area contributed by atoms with Gasteiger partial charge in [-0.15, -0.1) is 0 Å². The first-order valence-corrected chi connectivity index (χ1v) is 5.80. The second-order valence-electron chi connectivity index (χ2n) is 4.27. The molecule has 2 aromatic carbocycles. The second-order valence-corrected chi connectivity index (χ2v) is 4.27. The molecule has 0 unspecified atom stereocenters. The number of benzene rings is 2. The Kier molecular flexibility index (Phi) is 3.38. The van der Waals surface area contributed by atoms with Crippen LogP contribution in [0.25, 0.3) is 11.1 Å². The van der Waals surface area contributed by atoms with E-state index in [1.165, 1.54) is 0 Å². The van der Waals surface area contributed by atoms with E-state index in [9.17, 15) is 9.59 Å². The van der Waals surface area contributed by atoms with Crippen molar-refractivity contribution in [1.29, 1.82) is 0 Å². The number of carbonyl (C=O) groups excluding carboxylic acids is 2. The summed E-state index contributed by atoms with van der Waals surface area (Å²) >= 11 is 0. The molecule has 0 bridgehead atoms. The van der Waals surface area contributed by atoms with Crippen molar-refractivity contribution < 1.29 is 9.59 Å². The van der Waals surface area contributed by atoms with E-state index in [4.69, 9.17) is 0 Å². The van der Waals surface area contributed by atoms with E-state index in [2.05, 4.69) is 0 Å². The molecular formula is C16H14O2. The van der Waals surface area contributed by atoms with Crippen molar-refractivity contribution in [2.24, 2.45) is 0 Å². The maximum atomic E-state index is 11.3. The van der Waals surface area contributed by atoms with Gasteiger partial charge in [0.1, 0.15) is 0 Å². The summed E-state index contributed by atoms with van der Waals surface area (Å²) in [5.41, 5.74) is 3.38. The van der Waals surface area contributed by atoms with Gasteiger partial charge in [-0.1, -0.05) is 42.5 Å². The van der Waals surface area contributed by atoms with Gasteiger partial charge in [-0.3, -0.25) is 9.59 Å². The summed E-state index contributed by atoms with van der Waals surface area (Å²) in [7, 11) is 0. The van der Waals surface area contributed by atoms with Gasteiger partial charge in [-0.25, -0.2) is 0 Å². The standard InChI is InChI=1S/C16H14O2/c1-11(17)13-6-8-14(9-7-13)16-5-3-4-15(10-16)12(2)18/h3-10H,1-2H3. The first kappa shape index (κ1) is 12.2. The highest BCUT2D eigenvalue weighted by Crippen LogP contribution is 2.21. The number of hydrogen-bond donors (Lipinski definition) is 0. The maximum Gasteiger partial charge on any atom is 0.159 e. The monoisotopic (exact) mass is 238 g/mol. The Bertz CT molecular complexity index is 595. The zero-order chi connectivity index (χ0) is 13.1. The van der Waals surface area contributed by atoms with Crippen LogP contribution in [0.2, 0.25) is 0 Å². The topological polar surface area (TPSA) is 34.1 Å². The fourth-order valence-corrected chi connectivity index (χ4v) is 1.82. The van der Waals surface area contributed by atoms with E-state index in [0.717, 1.165) is 11.1 Å². The van der Waals surface area contributed by atoms with Gasteiger partial charge < -0.3 is 0 Å². The second kappa shape index (κ2) is 4.96. The molecule has 0 aromatic heterocycles. The zero-order valence-corrected chi connectivity index (χ0v) is 10.4. The minimum absolute atomic E-state index is 0.0530. The molecule has 0 saturated carbocycles. The van der Waals surface area contributed by atoms with Crippen LogP contribution in [0.3, 0.4) is 0 Å². The van der Waals surface area contributed by atoms with Crippen LogP contribution in [-0.4, -0.2) is 11.6 Å². The lowest BCUT2D eigenvalue weighted by molar-refractivity contribution is 0.100. The maximum absolute atomic E-state index is 11.3. The van der Waals surface area contributed by atoms with Crippen molar-refractivity contribution in [3.8, 4) is 11.1 Å². The molecule has 90 valence electrons. The molecule has 0 spiro atoms. The molecule has 0 fully saturated rings. The minimum atomic E-state index is 0.0530. The number of rotatable bonds is 3. The molecular weight excluding hydrogens is 224 g/mol. The third-order valence-electron chi connectivity index (χ3n) is 2.89. The van der Waals surface area contributed by atoms with Gasteiger partial charge in [0.2, 0.25) is 0 Å². The molecule has 0 atom stereocenters. The van der Waals surface area contributed by atoms with E-state index in [1.54, 1.807) is 32.0 Å². The van der Waals surface area contributed by atoms with Crippen molar-refractivity contribution in [3.63, 3.8) is 0 Å². The lowest BCUT2D eigenvalue weighted by atomic mass is 10.00. The molecule has 2 heteroatoms. The Morgan fingerprint density at radius 1 is 0.722 bits per heavy atom. The third kappa shape index (κ3) is 2.54. The van der Waals surface area contributed by atoms with E-state index < -0.39 is 0 Å². The Labute approximate surface area is 106 Å². The van der Waals surface area contributed by atoms with Gasteiger partial charge >= 0.3 is 0 Å². The van der Waals surface area contributed by atoms with Crippen molar-refractivity contribution in [2.45, 2.75) is 13.8 Å². The van der Waals surface area contributed by atoms with Crippen molar-refractivity contribution >= 4 is 11.6 Å². The van der Waals surface area contributed by atoms with Crippen LogP contribution in [0.15, 0.2) is 48.5 Å². The van der Waals surface area contributed by atoms with E-state index in [0.29, 0.717) is 11.1 Å². The Morgan fingerprint density at radius 2 is 1.33 bits per heavy atom. The van der Waals surface area contributed by atoms with Crippen LogP contribution >= 0.6 is 0 Å². The van der Waals surface area contributed by atoms with Crippen LogP contribution in [0.4, 0.5) is 0 Å². The molecule has 0 N–H and O–H groups in total. The largest absolute Gasteiger partial charge is 0.295 e. The molecule has 18 heavy (non-hydrogen) atoms. The van der Waals surface area contributed by atoms with Gasteiger partial charge in [0.15, 0.2) is 11.6 Å². The average Bonchev–Trinajstić information content (AvgIpc) is 2.39. The van der Waals surface area contributed by atoms with Crippen LogP contribution < -0.4 is 0 Å². The summed E-state index contributed by atoms with van der Waals surface area (Å²) in [6, 6.07) is 14.9. The van der Waals surface area contributed by atoms with Crippen LogP contribution in [0.5, 0.6) is 0 Å². The normalized spacial score (nSPS) is 10.1. The number of ketones is 2. The van der Waals surface area contributed by atoms with Gasteiger partial charge in [0.25, 0.3) is 0 Å². The van der Waals surface area contributed by atoms with E-state index >= 15 is 0 Å². The molecule has 0 aliphatic heterocycles. The highest BCUT2D eigenvalue weighted by Gasteiger charge is 2.04. The summed E-state index contributed by atoms with van der Waals surface area (Å²) in [4.78, 5) is 22.5. The predicted molar refractivity (Wildman–Crippen MR) is 71.9 cm³/mol. The molecule has 2 rings (SSSR count). The fraction of sp³-hybridized carbons (Fsp3) is 0.125. The highest BCUT2D eigenvalue weighted by atomic mass is 16.1. The Hall–Kier alpha value is -2.22. The number of Topliss-reactive ketones (excluding diaryl/α,β-unsaturated/α-hetero) is 2. The molecule has 0 saturated heterocycles. The SMILES string of the molecule is CC(=O)c1ccc(-c2cccc(C(C)=O)c2)cc1. The van der Waals surface area contributed by atoms with Crippen LogP contribution in [-0.2, 0) is 0 Å². The molecule has 0 aliphatic rings. The smallest absolute Gasteiger partial charge is 0.159 e. The van der Waals surface area contributed by atoms with Crippen molar-refractivity contribution in [2.75, 3.05) is 0 Å². The van der Waals surface area contributed by atoms with E-state index in [-0.39, 0.29) is 11.6 Å². The fourth-order valence-electron chi connectivity index (χ4n) is 1.82. The zero-order valence-electron chi connectivity index (χ0n) is 10.4. The minimum Gasteiger partial charge on any atom is -0.295 e.